The molecule has 3 aromatic rings. The highest BCUT2D eigenvalue weighted by Crippen LogP contribution is 2.26. The molecule has 0 saturated carbocycles. The van der Waals surface area contributed by atoms with Crippen molar-refractivity contribution >= 4 is 17.0 Å². The van der Waals surface area contributed by atoms with Crippen LogP contribution in [0.2, 0.25) is 0 Å². The van der Waals surface area contributed by atoms with Crippen LogP contribution < -0.4 is 5.73 Å². The maximum Gasteiger partial charge on any atom is 0.245 e. The van der Waals surface area contributed by atoms with Gasteiger partial charge < -0.3 is 15.2 Å². The predicted octanol–water partition coefficient (Wildman–Crippen LogP) is 2.78. The highest BCUT2D eigenvalue weighted by atomic mass is 19.3. The zero-order valence-corrected chi connectivity index (χ0v) is 14.6. The molecule has 0 aliphatic heterocycles. The van der Waals surface area contributed by atoms with Crippen molar-refractivity contribution in [2.45, 2.75) is 25.3 Å². The molecule has 1 atom stereocenters. The lowest BCUT2D eigenvalue weighted by atomic mass is 9.96. The number of nitrogens with two attached hydrogens (primary N) is 1. The van der Waals surface area contributed by atoms with Crippen molar-refractivity contribution in [3.63, 3.8) is 0 Å². The van der Waals surface area contributed by atoms with Crippen molar-refractivity contribution in [1.29, 1.82) is 0 Å². The first-order valence-electron chi connectivity index (χ1n) is 8.49. The number of nitrogens with zero attached hydrogens (tertiary/aromatic N) is 5. The molecule has 6 nitrogen and oxygen atoms in total. The number of benzene rings is 1. The SMILES string of the molecule is CN(CCC(c1ccccc1)C(F)F)CCn1cnc2c(N)ncnc21. The molecule has 2 heterocycles. The number of anilines is 1. The Bertz CT molecular complexity index is 836. The fourth-order valence-electron chi connectivity index (χ4n) is 2.95. The second-order valence-corrected chi connectivity index (χ2v) is 6.31. The number of halogens is 2. The molecular weight excluding hydrogens is 338 g/mol. The van der Waals surface area contributed by atoms with Crippen molar-refractivity contribution < 1.29 is 8.78 Å². The molecule has 8 heteroatoms. The summed E-state index contributed by atoms with van der Waals surface area (Å²) < 4.78 is 28.7. The standard InChI is InChI=1S/C18H22F2N6/c1-25(8-7-14(16(19)20)13-5-3-2-4-6-13)9-10-26-12-24-15-17(21)22-11-23-18(15)26/h2-6,11-12,14,16H,7-10H2,1H3,(H2,21,22,23). The van der Waals surface area contributed by atoms with Gasteiger partial charge in [-0.05, 0) is 25.6 Å². The number of aromatic nitrogens is 4. The number of hydrogen-bond donors (Lipinski definition) is 1. The molecule has 0 saturated heterocycles. The third-order valence-corrected chi connectivity index (χ3v) is 4.51. The van der Waals surface area contributed by atoms with Crippen molar-refractivity contribution in [3.8, 4) is 0 Å². The molecule has 26 heavy (non-hydrogen) atoms. The molecule has 3 rings (SSSR count). The van der Waals surface area contributed by atoms with Gasteiger partial charge in [0.05, 0.1) is 6.33 Å². The molecular formula is C18H22F2N6. The Morgan fingerprint density at radius 3 is 2.62 bits per heavy atom. The van der Waals surface area contributed by atoms with E-state index in [0.717, 1.165) is 0 Å². The normalized spacial score (nSPS) is 13.0. The van der Waals surface area contributed by atoms with E-state index in [4.69, 9.17) is 5.73 Å². The molecule has 0 aliphatic carbocycles. The molecule has 1 aromatic carbocycles. The average Bonchev–Trinajstić information content (AvgIpc) is 3.05. The van der Waals surface area contributed by atoms with E-state index < -0.39 is 12.3 Å². The largest absolute Gasteiger partial charge is 0.382 e. The second kappa shape index (κ2) is 8.18. The van der Waals surface area contributed by atoms with Gasteiger partial charge in [-0.25, -0.2) is 23.7 Å². The van der Waals surface area contributed by atoms with Crippen LogP contribution in [0, 0.1) is 0 Å². The minimum atomic E-state index is -2.37. The summed E-state index contributed by atoms with van der Waals surface area (Å²) in [5.74, 6) is -0.398. The van der Waals surface area contributed by atoms with Crippen LogP contribution in [0.25, 0.3) is 11.2 Å². The van der Waals surface area contributed by atoms with Gasteiger partial charge in [0.1, 0.15) is 11.8 Å². The summed E-state index contributed by atoms with van der Waals surface area (Å²) in [7, 11) is 1.93. The van der Waals surface area contributed by atoms with Crippen LogP contribution in [0.15, 0.2) is 43.0 Å². The Labute approximate surface area is 150 Å². The Hall–Kier alpha value is -2.61. The summed E-state index contributed by atoms with van der Waals surface area (Å²) in [5, 5.41) is 0. The second-order valence-electron chi connectivity index (χ2n) is 6.31. The lowest BCUT2D eigenvalue weighted by molar-refractivity contribution is 0.104. The zero-order chi connectivity index (χ0) is 18.5. The topological polar surface area (TPSA) is 72.9 Å². The Morgan fingerprint density at radius 1 is 1.12 bits per heavy atom. The van der Waals surface area contributed by atoms with Crippen LogP contribution in [-0.4, -0.2) is 51.0 Å². The Balaban J connectivity index is 1.56. The molecule has 2 aromatic heterocycles. The minimum absolute atomic E-state index is 0.352. The van der Waals surface area contributed by atoms with Crippen LogP contribution in [0.3, 0.4) is 0 Å². The van der Waals surface area contributed by atoms with Crippen LogP contribution in [0.1, 0.15) is 17.9 Å². The molecule has 0 fully saturated rings. The number of rotatable bonds is 8. The van der Waals surface area contributed by atoms with Gasteiger partial charge in [0, 0.05) is 19.0 Å². The number of likely N-dealkylation sites (N-methyl/N-ethyl adjacent to an activating group) is 1. The van der Waals surface area contributed by atoms with Crippen LogP contribution in [-0.2, 0) is 6.54 Å². The van der Waals surface area contributed by atoms with E-state index in [-0.39, 0.29) is 0 Å². The van der Waals surface area contributed by atoms with Crippen molar-refractivity contribution in [3.05, 3.63) is 48.5 Å². The fraction of sp³-hybridized carbons (Fsp3) is 0.389. The lowest BCUT2D eigenvalue weighted by Gasteiger charge is -2.21. The maximum absolute atomic E-state index is 13.4. The van der Waals surface area contributed by atoms with E-state index >= 15 is 0 Å². The number of hydrogen-bond acceptors (Lipinski definition) is 5. The lowest BCUT2D eigenvalue weighted by Crippen LogP contribution is -2.26. The monoisotopic (exact) mass is 360 g/mol. The molecule has 2 N–H and O–H groups in total. The summed E-state index contributed by atoms with van der Waals surface area (Å²) in [5.41, 5.74) is 7.73. The first kappa shape index (κ1) is 18.2. The van der Waals surface area contributed by atoms with Gasteiger partial charge in [-0.15, -0.1) is 0 Å². The molecule has 0 aliphatic rings. The van der Waals surface area contributed by atoms with Crippen LogP contribution in [0.5, 0.6) is 0 Å². The summed E-state index contributed by atoms with van der Waals surface area (Å²) in [4.78, 5) is 14.4. The first-order chi connectivity index (χ1) is 12.6. The molecule has 138 valence electrons. The van der Waals surface area contributed by atoms with E-state index in [9.17, 15) is 8.78 Å². The van der Waals surface area contributed by atoms with Gasteiger partial charge in [-0.2, -0.15) is 0 Å². The van der Waals surface area contributed by atoms with Crippen molar-refractivity contribution in [1.82, 2.24) is 24.4 Å². The van der Waals surface area contributed by atoms with Gasteiger partial charge in [-0.1, -0.05) is 30.3 Å². The quantitative estimate of drug-likeness (QED) is 0.669. The van der Waals surface area contributed by atoms with E-state index in [1.165, 1.54) is 6.33 Å². The number of alkyl halides is 2. The van der Waals surface area contributed by atoms with Gasteiger partial charge in [0.25, 0.3) is 0 Å². The molecule has 0 radical (unpaired) electrons. The maximum atomic E-state index is 13.4. The summed E-state index contributed by atoms with van der Waals surface area (Å²) in [6.07, 6.45) is 1.11. The van der Waals surface area contributed by atoms with E-state index in [2.05, 4.69) is 15.0 Å². The zero-order valence-electron chi connectivity index (χ0n) is 14.6. The fourth-order valence-corrected chi connectivity index (χ4v) is 2.95. The number of imidazole rings is 1. The first-order valence-corrected chi connectivity index (χ1v) is 8.49. The smallest absolute Gasteiger partial charge is 0.245 e. The van der Waals surface area contributed by atoms with Gasteiger partial charge in [0.15, 0.2) is 11.5 Å². The van der Waals surface area contributed by atoms with Crippen LogP contribution in [0.4, 0.5) is 14.6 Å². The molecule has 0 bridgehead atoms. The van der Waals surface area contributed by atoms with E-state index in [1.807, 2.05) is 22.6 Å². The van der Waals surface area contributed by atoms with Gasteiger partial charge in [0.2, 0.25) is 6.43 Å². The molecule has 1 unspecified atom stereocenters. The minimum Gasteiger partial charge on any atom is -0.382 e. The Morgan fingerprint density at radius 2 is 1.88 bits per heavy atom. The van der Waals surface area contributed by atoms with Gasteiger partial charge in [-0.3, -0.25) is 0 Å². The summed E-state index contributed by atoms with van der Waals surface area (Å²) >= 11 is 0. The van der Waals surface area contributed by atoms with E-state index in [1.54, 1.807) is 30.6 Å². The third-order valence-electron chi connectivity index (χ3n) is 4.51. The Kier molecular flexibility index (Phi) is 5.72. The summed E-state index contributed by atoms with van der Waals surface area (Å²) in [6.45, 7) is 1.92. The highest BCUT2D eigenvalue weighted by Gasteiger charge is 2.22. The van der Waals surface area contributed by atoms with Crippen molar-refractivity contribution in [2.24, 2.45) is 0 Å². The van der Waals surface area contributed by atoms with Crippen molar-refractivity contribution in [2.75, 3.05) is 25.9 Å². The summed E-state index contributed by atoms with van der Waals surface area (Å²) in [6, 6.07) is 8.96. The number of nitrogen functional groups attached to an aromatic ring is 1. The third kappa shape index (κ3) is 4.13. The van der Waals surface area contributed by atoms with E-state index in [0.29, 0.717) is 48.6 Å². The molecule has 0 amide bonds. The van der Waals surface area contributed by atoms with Gasteiger partial charge >= 0.3 is 0 Å². The molecule has 0 spiro atoms. The predicted molar refractivity (Wildman–Crippen MR) is 97.0 cm³/mol. The highest BCUT2D eigenvalue weighted by molar-refractivity contribution is 5.81. The number of fused-ring (bicyclic) bond motifs is 1. The average molecular weight is 360 g/mol. The van der Waals surface area contributed by atoms with Crippen LogP contribution >= 0.6 is 0 Å².